The zero-order chi connectivity index (χ0) is 73.0. The van der Waals surface area contributed by atoms with Crippen LogP contribution in [0.5, 0.6) is 5.75 Å². The molecule has 0 aromatic heterocycles. The molecule has 1 aliphatic rings. The Kier molecular flexibility index (Phi) is 36.4. The van der Waals surface area contributed by atoms with Crippen LogP contribution in [0, 0.1) is 11.8 Å². The Hall–Kier alpha value is -9.86. The number of nitrogens with one attached hydrogen (secondary N) is 9. The van der Waals surface area contributed by atoms with Crippen LogP contribution in [0.25, 0.3) is 0 Å². The number of unbranched alkanes of at least 4 members (excludes halogenated alkanes) is 1. The number of carbonyl (C=O) groups excluding carboxylic acids is 11. The summed E-state index contributed by atoms with van der Waals surface area (Å²) in [5, 5.41) is 33.7. The zero-order valence-corrected chi connectivity index (χ0v) is 56.9. The molecule has 0 radical (unpaired) electrons. The third-order valence-corrected chi connectivity index (χ3v) is 16.1. The van der Waals surface area contributed by atoms with Gasteiger partial charge in [-0.15, -0.1) is 0 Å². The number of primary amides is 1. The summed E-state index contributed by atoms with van der Waals surface area (Å²) in [7, 11) is 0. The number of nitrogens with two attached hydrogens (primary N) is 9. The normalized spacial score (nSPS) is 15.6. The third-order valence-electron chi connectivity index (χ3n) is 16.1. The minimum Gasteiger partial charge on any atom is -0.508 e. The summed E-state index contributed by atoms with van der Waals surface area (Å²) in [5.41, 5.74) is 52.2. The van der Waals surface area contributed by atoms with Crippen molar-refractivity contribution in [1.82, 2.24) is 52.8 Å². The molecule has 1 heterocycles. The van der Waals surface area contributed by atoms with E-state index in [0.29, 0.717) is 43.4 Å². The van der Waals surface area contributed by atoms with Gasteiger partial charge in [0.1, 0.15) is 60.1 Å². The molecule has 1 aliphatic heterocycles. The third kappa shape index (κ3) is 30.5. The Morgan fingerprint density at radius 1 is 0.541 bits per heavy atom. The van der Waals surface area contributed by atoms with Crippen LogP contribution in [0.15, 0.2) is 69.6 Å². The highest BCUT2D eigenvalue weighted by atomic mass is 16.3. The summed E-state index contributed by atoms with van der Waals surface area (Å²) in [4.78, 5) is 167. The molecule has 28 N–H and O–H groups in total. The number of aromatic hydroxyl groups is 1. The molecule has 0 bridgehead atoms. The standard InChI is InChI=1S/C64H106N22O12/c1-6-37(4)51(60(97)82-46(21-14-30-76-64(72)73)61(98)86-31-15-22-49(86)59(96)79-43(52(67)89)18-10-11-27-65)85-56(93)45(20-13-29-75-63(70)71)80-55(92)44(19-12-28-74-62(68)69)81-57(94)47(32-36(2)3)84-58(95)48(34-39-16-8-7-9-17-39)83-53(90)38(5)78-50(88)35-77-54(91)42(66)33-40-23-25-41(87)26-24-40/h7-9,16-17,23-26,36-38,42-49,51,87H,6,10-15,18-22,27-35,65-66H2,1-5H3,(H2,67,89)(H,77,91)(H,78,88)(H,79,96)(H,80,92)(H,81,94)(H,82,97)(H,83,90)(H,84,95)(H,85,93)(H4,68,69,74)(H4,70,71,75)(H4,72,73,76)/t37-,38+,42-,43-,44-,45-,46-,47-,48-,49-,51-/m0/s1. The number of phenolic OH excluding ortho intramolecular Hbond substituents is 1. The number of benzene rings is 2. The molecule has 0 unspecified atom stereocenters. The fourth-order valence-electron chi connectivity index (χ4n) is 10.6. The molecule has 1 saturated heterocycles. The largest absolute Gasteiger partial charge is 0.508 e. The number of guanidine groups is 3. The molecule has 0 aliphatic carbocycles. The van der Waals surface area contributed by atoms with Crippen LogP contribution in [0.3, 0.4) is 0 Å². The van der Waals surface area contributed by atoms with Crippen molar-refractivity contribution in [2.45, 2.75) is 191 Å². The Morgan fingerprint density at radius 3 is 1.56 bits per heavy atom. The van der Waals surface area contributed by atoms with E-state index in [-0.39, 0.29) is 126 Å². The van der Waals surface area contributed by atoms with Gasteiger partial charge >= 0.3 is 0 Å². The number of aliphatic imine (C=N–C) groups is 3. The van der Waals surface area contributed by atoms with E-state index in [4.69, 9.17) is 51.6 Å². The summed E-state index contributed by atoms with van der Waals surface area (Å²) in [6.07, 6.45) is 2.49. The lowest BCUT2D eigenvalue weighted by molar-refractivity contribution is -0.142. The molecular weight excluding hydrogens is 1270 g/mol. The number of hydrogen-bond donors (Lipinski definition) is 19. The maximum atomic E-state index is 14.8. The maximum absolute atomic E-state index is 14.8. The predicted octanol–water partition coefficient (Wildman–Crippen LogP) is -4.62. The minimum atomic E-state index is -1.44. The van der Waals surface area contributed by atoms with Crippen LogP contribution < -0.4 is 99.5 Å². The molecule has 11 atom stereocenters. The number of hydrogen-bond acceptors (Lipinski definition) is 17. The highest BCUT2D eigenvalue weighted by Gasteiger charge is 2.41. The summed E-state index contributed by atoms with van der Waals surface area (Å²) in [6.45, 7) is 8.44. The number of phenols is 1. The molecule has 34 heteroatoms. The minimum absolute atomic E-state index is 0.00166. The predicted molar refractivity (Wildman–Crippen MR) is 370 cm³/mol. The SMILES string of the molecule is CC[C@H](C)[C@H](NC(=O)[C@H](CCCN=C(N)N)NC(=O)[C@H](CCCN=C(N)N)NC(=O)[C@H](CC(C)C)NC(=O)[C@H](Cc1ccccc1)NC(=O)[C@@H](C)NC(=O)CNC(=O)[C@@H](N)Cc1ccc(O)cc1)C(=O)N[C@@H](CCCN=C(N)N)C(=O)N1CCC[C@H]1C(=O)N[C@@H](CCCCN)C(N)=O. The quantitative estimate of drug-likeness (QED) is 0.0169. The van der Waals surface area contributed by atoms with E-state index < -0.39 is 138 Å². The second kappa shape index (κ2) is 43.3. The summed E-state index contributed by atoms with van der Waals surface area (Å²) < 4.78 is 0. The van der Waals surface area contributed by atoms with Crippen molar-refractivity contribution in [3.05, 3.63) is 65.7 Å². The van der Waals surface area contributed by atoms with Gasteiger partial charge in [0, 0.05) is 32.6 Å². The van der Waals surface area contributed by atoms with Crippen LogP contribution in [0.2, 0.25) is 0 Å². The van der Waals surface area contributed by atoms with Crippen LogP contribution >= 0.6 is 0 Å². The van der Waals surface area contributed by atoms with Crippen LogP contribution in [0.4, 0.5) is 0 Å². The molecule has 11 amide bonds. The number of carbonyl (C=O) groups is 11. The first-order valence-electron chi connectivity index (χ1n) is 33.2. The second-order valence-electron chi connectivity index (χ2n) is 24.8. The molecule has 98 heavy (non-hydrogen) atoms. The molecule has 2 aromatic rings. The zero-order valence-electron chi connectivity index (χ0n) is 56.9. The summed E-state index contributed by atoms with van der Waals surface area (Å²) in [6, 6.07) is 2.20. The van der Waals surface area contributed by atoms with Crippen molar-refractivity contribution in [2.75, 3.05) is 39.3 Å². The first-order valence-corrected chi connectivity index (χ1v) is 33.2. The highest BCUT2D eigenvalue weighted by Crippen LogP contribution is 2.22. The van der Waals surface area contributed by atoms with E-state index in [2.05, 4.69) is 62.8 Å². The van der Waals surface area contributed by atoms with Gasteiger partial charge in [-0.05, 0) is 132 Å². The number of likely N-dealkylation sites (tertiary alicyclic amines) is 1. The van der Waals surface area contributed by atoms with Crippen LogP contribution in [-0.4, -0.2) is 193 Å². The van der Waals surface area contributed by atoms with Gasteiger partial charge in [-0.1, -0.05) is 76.6 Å². The lowest BCUT2D eigenvalue weighted by Crippen LogP contribution is -2.61. The lowest BCUT2D eigenvalue weighted by atomic mass is 9.96. The molecular formula is C64H106N22O12. The van der Waals surface area contributed by atoms with Gasteiger partial charge < -0.3 is 109 Å². The monoisotopic (exact) mass is 1370 g/mol. The van der Waals surface area contributed by atoms with Gasteiger partial charge in [-0.2, -0.15) is 0 Å². The van der Waals surface area contributed by atoms with E-state index >= 15 is 0 Å². The number of rotatable bonds is 44. The van der Waals surface area contributed by atoms with E-state index in [0.717, 1.165) is 0 Å². The van der Waals surface area contributed by atoms with Crippen molar-refractivity contribution in [3.63, 3.8) is 0 Å². The van der Waals surface area contributed by atoms with Crippen LogP contribution in [-0.2, 0) is 65.6 Å². The second-order valence-corrected chi connectivity index (χ2v) is 24.8. The van der Waals surface area contributed by atoms with Gasteiger partial charge in [-0.25, -0.2) is 0 Å². The Labute approximate surface area is 571 Å². The molecule has 2 aromatic carbocycles. The first-order chi connectivity index (χ1) is 46.4. The summed E-state index contributed by atoms with van der Waals surface area (Å²) in [5.74, 6) is -9.85. The molecule has 0 saturated carbocycles. The van der Waals surface area contributed by atoms with Crippen molar-refractivity contribution in [1.29, 1.82) is 0 Å². The average molecular weight is 1380 g/mol. The van der Waals surface area contributed by atoms with E-state index in [1.807, 2.05) is 0 Å². The van der Waals surface area contributed by atoms with E-state index in [1.54, 1.807) is 70.2 Å². The smallest absolute Gasteiger partial charge is 0.245 e. The number of amides is 11. The van der Waals surface area contributed by atoms with Gasteiger partial charge in [0.05, 0.1) is 12.6 Å². The Balaban J connectivity index is 1.94. The molecule has 3 rings (SSSR count). The van der Waals surface area contributed by atoms with Gasteiger partial charge in [0.25, 0.3) is 0 Å². The van der Waals surface area contributed by atoms with E-state index in [1.165, 1.54) is 24.0 Å². The topological polar surface area (TPSA) is 591 Å². The highest BCUT2D eigenvalue weighted by molar-refractivity contribution is 5.99. The van der Waals surface area contributed by atoms with Crippen LogP contribution in [0.1, 0.15) is 129 Å². The van der Waals surface area contributed by atoms with Crippen molar-refractivity contribution >= 4 is 82.9 Å². The van der Waals surface area contributed by atoms with Crippen molar-refractivity contribution in [3.8, 4) is 5.75 Å². The Morgan fingerprint density at radius 2 is 1.03 bits per heavy atom. The first kappa shape index (κ1) is 82.4. The van der Waals surface area contributed by atoms with Gasteiger partial charge in [0.15, 0.2) is 17.9 Å². The summed E-state index contributed by atoms with van der Waals surface area (Å²) >= 11 is 0. The van der Waals surface area contributed by atoms with Crippen molar-refractivity contribution in [2.24, 2.45) is 78.4 Å². The molecule has 544 valence electrons. The molecule has 0 spiro atoms. The fraction of sp³-hybridized carbons (Fsp3) is 0.594. The molecule has 34 nitrogen and oxygen atoms in total. The van der Waals surface area contributed by atoms with Crippen molar-refractivity contribution < 1.29 is 57.8 Å². The Bertz CT molecular complexity index is 3030. The molecule has 1 fully saturated rings. The maximum Gasteiger partial charge on any atom is 0.245 e. The van der Waals surface area contributed by atoms with Gasteiger partial charge in [-0.3, -0.25) is 67.7 Å². The number of nitrogens with zero attached hydrogens (tertiary/aromatic N) is 4. The van der Waals surface area contributed by atoms with Gasteiger partial charge in [0.2, 0.25) is 65.0 Å². The average Bonchev–Trinajstić information content (AvgIpc) is 1.60. The van der Waals surface area contributed by atoms with E-state index in [9.17, 15) is 57.8 Å². The fourth-order valence-corrected chi connectivity index (χ4v) is 10.6. The lowest BCUT2D eigenvalue weighted by Gasteiger charge is -2.32.